The zero-order chi connectivity index (χ0) is 20.3. The van der Waals surface area contributed by atoms with E-state index in [9.17, 15) is 24.1 Å². The number of rotatable bonds is 6. The van der Waals surface area contributed by atoms with Gasteiger partial charge in [0.1, 0.15) is 5.75 Å². The number of ether oxygens (including phenoxy) is 1. The normalized spacial score (nSPS) is 16.1. The van der Waals surface area contributed by atoms with Gasteiger partial charge in [0.05, 0.1) is 28.8 Å². The summed E-state index contributed by atoms with van der Waals surface area (Å²) in [6.45, 7) is 2.31. The smallest absolute Gasteiger partial charge is 0.306 e. The number of carbonyl (C=O) groups excluding carboxylic acids is 2. The number of nitrogens with zero attached hydrogens (tertiary/aromatic N) is 2. The summed E-state index contributed by atoms with van der Waals surface area (Å²) in [7, 11) is 0. The van der Waals surface area contributed by atoms with Gasteiger partial charge in [-0.2, -0.15) is 4.39 Å². The van der Waals surface area contributed by atoms with Crippen LogP contribution >= 0.6 is 0 Å². The van der Waals surface area contributed by atoms with Crippen LogP contribution in [0.2, 0.25) is 0 Å². The van der Waals surface area contributed by atoms with Crippen molar-refractivity contribution in [1.29, 1.82) is 0 Å². The third kappa shape index (κ3) is 3.93. The van der Waals surface area contributed by atoms with Crippen molar-refractivity contribution in [1.82, 2.24) is 0 Å². The Labute approximate surface area is 160 Å². The summed E-state index contributed by atoms with van der Waals surface area (Å²) in [5.74, 6) is -1.83. The number of hydrogen-bond acceptors (Lipinski definition) is 5. The van der Waals surface area contributed by atoms with E-state index in [2.05, 4.69) is 5.32 Å². The van der Waals surface area contributed by atoms with Crippen molar-refractivity contribution >= 4 is 28.9 Å². The second-order valence-corrected chi connectivity index (χ2v) is 6.22. The van der Waals surface area contributed by atoms with Gasteiger partial charge in [-0.15, -0.1) is 0 Å². The molecule has 1 unspecified atom stereocenters. The zero-order valence-electron chi connectivity index (χ0n) is 15.1. The van der Waals surface area contributed by atoms with Crippen LogP contribution in [0.4, 0.5) is 21.5 Å². The molecule has 0 radical (unpaired) electrons. The fourth-order valence-corrected chi connectivity index (χ4v) is 3.03. The second kappa shape index (κ2) is 8.03. The van der Waals surface area contributed by atoms with Gasteiger partial charge in [0.2, 0.25) is 17.6 Å². The molecular formula is C19H18FN3O5. The van der Waals surface area contributed by atoms with E-state index >= 15 is 0 Å². The molecule has 1 saturated heterocycles. The third-order valence-corrected chi connectivity index (χ3v) is 4.38. The van der Waals surface area contributed by atoms with Crippen molar-refractivity contribution in [2.24, 2.45) is 5.92 Å². The van der Waals surface area contributed by atoms with Crippen LogP contribution in [-0.4, -0.2) is 29.9 Å². The summed E-state index contributed by atoms with van der Waals surface area (Å²) in [5.41, 5.74) is -0.0374. The maximum atomic E-state index is 13.5. The van der Waals surface area contributed by atoms with Gasteiger partial charge in [-0.3, -0.25) is 19.7 Å². The van der Waals surface area contributed by atoms with Crippen LogP contribution in [0, 0.1) is 21.8 Å². The Morgan fingerprint density at radius 3 is 2.82 bits per heavy atom. The van der Waals surface area contributed by atoms with Gasteiger partial charge in [0.15, 0.2) is 0 Å². The highest BCUT2D eigenvalue weighted by Gasteiger charge is 2.36. The summed E-state index contributed by atoms with van der Waals surface area (Å²) in [6.07, 6.45) is -0.0478. The molecule has 1 aliphatic rings. The third-order valence-electron chi connectivity index (χ3n) is 4.38. The molecule has 1 N–H and O–H groups in total. The van der Waals surface area contributed by atoms with Gasteiger partial charge in [-0.1, -0.05) is 12.1 Å². The highest BCUT2D eigenvalue weighted by atomic mass is 19.1. The van der Waals surface area contributed by atoms with Crippen LogP contribution in [0.25, 0.3) is 0 Å². The van der Waals surface area contributed by atoms with Gasteiger partial charge >= 0.3 is 5.69 Å². The Hall–Kier alpha value is -3.49. The summed E-state index contributed by atoms with van der Waals surface area (Å²) in [5, 5.41) is 13.7. The lowest BCUT2D eigenvalue weighted by atomic mass is 10.1. The van der Waals surface area contributed by atoms with Crippen molar-refractivity contribution in [3.63, 3.8) is 0 Å². The molecular weight excluding hydrogens is 369 g/mol. The molecule has 0 spiro atoms. The molecule has 0 saturated carbocycles. The van der Waals surface area contributed by atoms with E-state index in [-0.39, 0.29) is 30.5 Å². The number of benzene rings is 2. The van der Waals surface area contributed by atoms with E-state index in [0.29, 0.717) is 18.0 Å². The van der Waals surface area contributed by atoms with E-state index < -0.39 is 22.3 Å². The Morgan fingerprint density at radius 1 is 1.36 bits per heavy atom. The molecule has 2 amide bonds. The van der Waals surface area contributed by atoms with Gasteiger partial charge in [-0.05, 0) is 31.2 Å². The number of nitro benzene ring substituents is 1. The standard InChI is InChI=1S/C19H18FN3O5/c1-2-28-17-6-4-3-5-15(17)21-19(25)12-9-18(24)22(11-12)13-7-8-14(20)16(10-13)23(26)27/h3-8,10,12H,2,9,11H2,1H3,(H,21,25). The lowest BCUT2D eigenvalue weighted by molar-refractivity contribution is -0.387. The second-order valence-electron chi connectivity index (χ2n) is 6.22. The van der Waals surface area contributed by atoms with Crippen LogP contribution < -0.4 is 15.0 Å². The first-order valence-corrected chi connectivity index (χ1v) is 8.67. The average molecular weight is 387 g/mol. The summed E-state index contributed by atoms with van der Waals surface area (Å²) >= 11 is 0. The van der Waals surface area contributed by atoms with Gasteiger partial charge in [0.25, 0.3) is 0 Å². The molecule has 1 atom stereocenters. The van der Waals surface area contributed by atoms with E-state index in [0.717, 1.165) is 12.1 Å². The Kier molecular flexibility index (Phi) is 5.53. The fraction of sp³-hybridized carbons (Fsp3) is 0.263. The van der Waals surface area contributed by atoms with Crippen molar-refractivity contribution < 1.29 is 23.6 Å². The number of hydrogen-bond donors (Lipinski definition) is 1. The van der Waals surface area contributed by atoms with Crippen LogP contribution in [-0.2, 0) is 9.59 Å². The molecule has 0 aromatic heterocycles. The lowest BCUT2D eigenvalue weighted by Crippen LogP contribution is -2.28. The van der Waals surface area contributed by atoms with Crippen molar-refractivity contribution in [3.05, 3.63) is 58.4 Å². The molecule has 1 fully saturated rings. The minimum atomic E-state index is -0.984. The highest BCUT2D eigenvalue weighted by Crippen LogP contribution is 2.31. The van der Waals surface area contributed by atoms with Crippen molar-refractivity contribution in [2.45, 2.75) is 13.3 Å². The number of nitro groups is 1. The first kappa shape index (κ1) is 19.3. The van der Waals surface area contributed by atoms with Gasteiger partial charge in [0, 0.05) is 19.0 Å². The van der Waals surface area contributed by atoms with Crippen molar-refractivity contribution in [3.8, 4) is 5.75 Å². The average Bonchev–Trinajstić information content (AvgIpc) is 3.05. The molecule has 8 nitrogen and oxygen atoms in total. The summed E-state index contributed by atoms with van der Waals surface area (Å²) in [6, 6.07) is 10.2. The maximum Gasteiger partial charge on any atom is 0.306 e. The van der Waals surface area contributed by atoms with E-state index in [1.165, 1.54) is 11.0 Å². The molecule has 1 aliphatic heterocycles. The minimum absolute atomic E-state index is 0.0459. The topological polar surface area (TPSA) is 102 Å². The van der Waals surface area contributed by atoms with E-state index in [1.807, 2.05) is 6.92 Å². The Balaban J connectivity index is 1.75. The van der Waals surface area contributed by atoms with Crippen LogP contribution in [0.1, 0.15) is 13.3 Å². The number of halogens is 1. The van der Waals surface area contributed by atoms with Gasteiger partial charge < -0.3 is 15.0 Å². The lowest BCUT2D eigenvalue weighted by Gasteiger charge is -2.17. The Bertz CT molecular complexity index is 934. The molecule has 1 heterocycles. The number of nitrogens with one attached hydrogen (secondary N) is 1. The Morgan fingerprint density at radius 2 is 2.11 bits per heavy atom. The quantitative estimate of drug-likeness (QED) is 0.606. The molecule has 2 aromatic carbocycles. The van der Waals surface area contributed by atoms with Gasteiger partial charge in [-0.25, -0.2) is 0 Å². The molecule has 9 heteroatoms. The molecule has 2 aromatic rings. The number of anilines is 2. The summed E-state index contributed by atoms with van der Waals surface area (Å²) < 4.78 is 19.0. The first-order valence-electron chi connectivity index (χ1n) is 8.67. The van der Waals surface area contributed by atoms with Crippen LogP contribution in [0.5, 0.6) is 5.75 Å². The maximum absolute atomic E-state index is 13.5. The van der Waals surface area contributed by atoms with E-state index in [1.54, 1.807) is 24.3 Å². The predicted molar refractivity (Wildman–Crippen MR) is 99.8 cm³/mol. The SMILES string of the molecule is CCOc1ccccc1NC(=O)C1CC(=O)N(c2ccc(F)c([N+](=O)[O-])c2)C1. The molecule has 0 bridgehead atoms. The molecule has 146 valence electrons. The predicted octanol–water partition coefficient (Wildman–Crippen LogP) is 3.12. The zero-order valence-corrected chi connectivity index (χ0v) is 15.1. The monoisotopic (exact) mass is 387 g/mol. The van der Waals surface area contributed by atoms with Crippen LogP contribution in [0.3, 0.4) is 0 Å². The molecule has 0 aliphatic carbocycles. The number of amides is 2. The summed E-state index contributed by atoms with van der Waals surface area (Å²) in [4.78, 5) is 36.3. The highest BCUT2D eigenvalue weighted by molar-refractivity contribution is 6.04. The first-order chi connectivity index (χ1) is 13.4. The van der Waals surface area contributed by atoms with E-state index in [4.69, 9.17) is 4.74 Å². The van der Waals surface area contributed by atoms with Crippen LogP contribution in [0.15, 0.2) is 42.5 Å². The van der Waals surface area contributed by atoms with Crippen molar-refractivity contribution in [2.75, 3.05) is 23.4 Å². The minimum Gasteiger partial charge on any atom is -0.492 e. The fourth-order valence-electron chi connectivity index (χ4n) is 3.03. The largest absolute Gasteiger partial charge is 0.492 e. The number of carbonyl (C=O) groups is 2. The molecule has 3 rings (SSSR count). The molecule has 28 heavy (non-hydrogen) atoms. The number of para-hydroxylation sites is 2.